The third-order valence-electron chi connectivity index (χ3n) is 8.88. The summed E-state index contributed by atoms with van der Waals surface area (Å²) in [6, 6.07) is 5.74. The molecule has 0 amide bonds. The van der Waals surface area contributed by atoms with Crippen molar-refractivity contribution in [1.29, 1.82) is 5.26 Å². The Balaban J connectivity index is 1.14. The van der Waals surface area contributed by atoms with Gasteiger partial charge in [-0.05, 0) is 100 Å². The molecular formula is C29H40FNO3. The van der Waals surface area contributed by atoms with Crippen molar-refractivity contribution in [1.82, 2.24) is 0 Å². The molecule has 0 spiro atoms. The molecule has 0 aromatic heterocycles. The molecule has 3 aliphatic carbocycles. The summed E-state index contributed by atoms with van der Waals surface area (Å²) in [6.07, 6.45) is 15.9. The van der Waals surface area contributed by atoms with Crippen molar-refractivity contribution in [3.63, 3.8) is 0 Å². The highest BCUT2D eigenvalue weighted by Gasteiger charge is 2.34. The van der Waals surface area contributed by atoms with Crippen LogP contribution in [0.2, 0.25) is 0 Å². The fourth-order valence-corrected chi connectivity index (χ4v) is 6.48. The first-order valence-corrected chi connectivity index (χ1v) is 13.6. The van der Waals surface area contributed by atoms with E-state index in [0.29, 0.717) is 12.0 Å². The van der Waals surface area contributed by atoms with Crippen molar-refractivity contribution in [2.45, 2.75) is 96.5 Å². The van der Waals surface area contributed by atoms with Crippen LogP contribution in [0.4, 0.5) is 4.39 Å². The molecule has 0 atom stereocenters. The Morgan fingerprint density at radius 2 is 1.56 bits per heavy atom. The molecule has 4 nitrogen and oxygen atoms in total. The Labute approximate surface area is 204 Å². The summed E-state index contributed by atoms with van der Waals surface area (Å²) in [4.78, 5) is 12.6. The second-order valence-electron chi connectivity index (χ2n) is 11.0. The molecule has 3 fully saturated rings. The summed E-state index contributed by atoms with van der Waals surface area (Å²) in [5.41, 5.74) is -0.0421. The highest BCUT2D eigenvalue weighted by Crippen LogP contribution is 2.41. The molecule has 0 bridgehead atoms. The number of hydrogen-bond donors (Lipinski definition) is 0. The van der Waals surface area contributed by atoms with E-state index in [9.17, 15) is 9.18 Å². The Morgan fingerprint density at radius 3 is 2.15 bits per heavy atom. The minimum atomic E-state index is -0.653. The van der Waals surface area contributed by atoms with Gasteiger partial charge in [-0.1, -0.05) is 26.2 Å². The second kappa shape index (κ2) is 12.2. The van der Waals surface area contributed by atoms with Crippen molar-refractivity contribution in [3.8, 4) is 11.8 Å². The van der Waals surface area contributed by atoms with E-state index in [2.05, 4.69) is 6.92 Å². The van der Waals surface area contributed by atoms with Gasteiger partial charge < -0.3 is 9.47 Å². The summed E-state index contributed by atoms with van der Waals surface area (Å²) in [5.74, 6) is 2.32. The fraction of sp³-hybridized carbons (Fsp3) is 0.724. The maximum atomic E-state index is 13.8. The van der Waals surface area contributed by atoms with Gasteiger partial charge >= 0.3 is 5.97 Å². The third kappa shape index (κ3) is 6.60. The van der Waals surface area contributed by atoms with Crippen LogP contribution in [0.15, 0.2) is 18.2 Å². The van der Waals surface area contributed by atoms with Crippen LogP contribution in [0, 0.1) is 46.7 Å². The van der Waals surface area contributed by atoms with Crippen molar-refractivity contribution in [2.24, 2.45) is 29.6 Å². The highest BCUT2D eigenvalue weighted by molar-refractivity contribution is 5.75. The standard InChI is InChI=1S/C29H40FNO3/c1-2-20-3-5-21(6-4-20)19-33-26-14-11-23(12-15-26)22-7-9-24(10-8-22)29(32)34-27-16-13-25(18-31)28(30)17-27/h13,16-17,20-24,26H,2-12,14-15,19H2,1H3/t20-,21-,22-,23?,24-,26?. The minimum absolute atomic E-state index is 0.0421. The first kappa shape index (κ1) is 25.2. The normalized spacial score (nSPS) is 32.0. The number of carbonyl (C=O) groups is 1. The number of esters is 1. The molecule has 0 heterocycles. The van der Waals surface area contributed by atoms with E-state index in [1.54, 1.807) is 6.07 Å². The highest BCUT2D eigenvalue weighted by atomic mass is 19.1. The molecule has 1 aromatic rings. The molecule has 0 aliphatic heterocycles. The quantitative estimate of drug-likeness (QED) is 0.313. The second-order valence-corrected chi connectivity index (χ2v) is 11.0. The van der Waals surface area contributed by atoms with Gasteiger partial charge in [-0.2, -0.15) is 5.26 Å². The van der Waals surface area contributed by atoms with E-state index in [4.69, 9.17) is 14.7 Å². The third-order valence-corrected chi connectivity index (χ3v) is 8.88. The van der Waals surface area contributed by atoms with Crippen molar-refractivity contribution >= 4 is 5.97 Å². The molecular weight excluding hydrogens is 429 g/mol. The van der Waals surface area contributed by atoms with Crippen LogP contribution in [-0.4, -0.2) is 18.7 Å². The van der Waals surface area contributed by atoms with Gasteiger partial charge in [0.15, 0.2) is 0 Å². The SMILES string of the molecule is CC[C@H]1CC[C@H](COC2CCC([C@H]3CC[C@H](C(=O)Oc4ccc(C#N)c(F)c4)CC3)CC2)CC1. The topological polar surface area (TPSA) is 59.3 Å². The maximum absolute atomic E-state index is 13.8. The number of nitriles is 1. The molecule has 3 aliphatic rings. The van der Waals surface area contributed by atoms with E-state index in [1.165, 1.54) is 69.9 Å². The molecule has 0 radical (unpaired) electrons. The van der Waals surface area contributed by atoms with Gasteiger partial charge in [0.1, 0.15) is 17.6 Å². The maximum Gasteiger partial charge on any atom is 0.314 e. The van der Waals surface area contributed by atoms with Crippen molar-refractivity contribution in [3.05, 3.63) is 29.6 Å². The summed E-state index contributed by atoms with van der Waals surface area (Å²) in [6.45, 7) is 3.28. The summed E-state index contributed by atoms with van der Waals surface area (Å²) < 4.78 is 25.5. The summed E-state index contributed by atoms with van der Waals surface area (Å²) >= 11 is 0. The lowest BCUT2D eigenvalue weighted by atomic mass is 9.70. The van der Waals surface area contributed by atoms with Crippen LogP contribution in [0.5, 0.6) is 5.75 Å². The lowest BCUT2D eigenvalue weighted by Gasteiger charge is -2.37. The number of hydrogen-bond acceptors (Lipinski definition) is 4. The lowest BCUT2D eigenvalue weighted by Crippen LogP contribution is -2.32. The number of benzene rings is 1. The molecule has 34 heavy (non-hydrogen) atoms. The predicted molar refractivity (Wildman–Crippen MR) is 130 cm³/mol. The van der Waals surface area contributed by atoms with Crippen LogP contribution in [0.3, 0.4) is 0 Å². The molecule has 4 rings (SSSR count). The largest absolute Gasteiger partial charge is 0.426 e. The number of ether oxygens (including phenoxy) is 2. The zero-order valence-electron chi connectivity index (χ0n) is 20.6. The monoisotopic (exact) mass is 469 g/mol. The summed E-state index contributed by atoms with van der Waals surface area (Å²) in [5, 5.41) is 8.83. The molecule has 0 saturated heterocycles. The Bertz CT molecular complexity index is 841. The van der Waals surface area contributed by atoms with Crippen LogP contribution >= 0.6 is 0 Å². The van der Waals surface area contributed by atoms with Gasteiger partial charge in [0.2, 0.25) is 0 Å². The first-order chi connectivity index (χ1) is 16.6. The average Bonchev–Trinajstić information content (AvgIpc) is 2.88. The van der Waals surface area contributed by atoms with E-state index < -0.39 is 5.82 Å². The average molecular weight is 470 g/mol. The molecule has 5 heteroatoms. The van der Waals surface area contributed by atoms with E-state index in [0.717, 1.165) is 56.1 Å². The van der Waals surface area contributed by atoms with E-state index in [-0.39, 0.29) is 23.2 Å². The van der Waals surface area contributed by atoms with Gasteiger partial charge in [-0.25, -0.2) is 4.39 Å². The van der Waals surface area contributed by atoms with E-state index >= 15 is 0 Å². The number of halogens is 1. The zero-order valence-corrected chi connectivity index (χ0v) is 20.6. The molecule has 3 saturated carbocycles. The molecule has 0 N–H and O–H groups in total. The van der Waals surface area contributed by atoms with E-state index in [1.807, 2.05) is 0 Å². The van der Waals surface area contributed by atoms with Crippen molar-refractivity contribution < 1.29 is 18.7 Å². The number of nitrogens with zero attached hydrogens (tertiary/aromatic N) is 1. The van der Waals surface area contributed by atoms with Gasteiger partial charge in [-0.3, -0.25) is 4.79 Å². The Morgan fingerprint density at radius 1 is 0.941 bits per heavy atom. The zero-order chi connectivity index (χ0) is 23.9. The fourth-order valence-electron chi connectivity index (χ4n) is 6.48. The molecule has 1 aromatic carbocycles. The van der Waals surface area contributed by atoms with Crippen molar-refractivity contribution in [2.75, 3.05) is 6.61 Å². The predicted octanol–water partition coefficient (Wildman–Crippen LogP) is 7.20. The van der Waals surface area contributed by atoms with Crippen LogP contribution in [0.25, 0.3) is 0 Å². The smallest absolute Gasteiger partial charge is 0.314 e. The first-order valence-electron chi connectivity index (χ1n) is 13.6. The number of carbonyl (C=O) groups excluding carboxylic acids is 1. The van der Waals surface area contributed by atoms with Gasteiger partial charge in [0.05, 0.1) is 17.6 Å². The lowest BCUT2D eigenvalue weighted by molar-refractivity contribution is -0.140. The van der Waals surface area contributed by atoms with Crippen LogP contribution < -0.4 is 4.74 Å². The minimum Gasteiger partial charge on any atom is -0.426 e. The van der Waals surface area contributed by atoms with Crippen LogP contribution in [-0.2, 0) is 9.53 Å². The van der Waals surface area contributed by atoms with Gasteiger partial charge in [0.25, 0.3) is 0 Å². The molecule has 186 valence electrons. The van der Waals surface area contributed by atoms with Gasteiger partial charge in [-0.15, -0.1) is 0 Å². The Hall–Kier alpha value is -1.93. The number of rotatable bonds is 7. The van der Waals surface area contributed by atoms with Gasteiger partial charge in [0, 0.05) is 12.7 Å². The molecule has 0 unspecified atom stereocenters. The van der Waals surface area contributed by atoms with Crippen LogP contribution in [0.1, 0.15) is 96.0 Å². The Kier molecular flexibility index (Phi) is 9.00. The summed E-state index contributed by atoms with van der Waals surface area (Å²) in [7, 11) is 0.